The molecule has 192 valence electrons. The molecule has 37 heavy (non-hydrogen) atoms. The first-order valence-corrected chi connectivity index (χ1v) is 11.6. The average molecular weight is 536 g/mol. The van der Waals surface area contributed by atoms with E-state index >= 15 is 4.39 Å². The Balaban J connectivity index is 1.49. The summed E-state index contributed by atoms with van der Waals surface area (Å²) in [6.07, 6.45) is -4.83. The van der Waals surface area contributed by atoms with Crippen molar-refractivity contribution in [1.82, 2.24) is 20.3 Å². The second-order valence-corrected chi connectivity index (χ2v) is 8.94. The van der Waals surface area contributed by atoms with Crippen LogP contribution in [0.25, 0.3) is 23.2 Å². The second-order valence-electron chi connectivity index (χ2n) is 7.88. The van der Waals surface area contributed by atoms with Crippen LogP contribution in [-0.2, 0) is 11.3 Å². The number of rotatable bonds is 5. The summed E-state index contributed by atoms with van der Waals surface area (Å²) in [7, 11) is 0. The second kappa shape index (κ2) is 9.48. The van der Waals surface area contributed by atoms with E-state index < -0.39 is 29.9 Å². The van der Waals surface area contributed by atoms with Crippen LogP contribution in [0.5, 0.6) is 5.75 Å². The number of thioether (sulfide) groups is 1. The predicted molar refractivity (Wildman–Crippen MR) is 121 cm³/mol. The Kier molecular flexibility index (Phi) is 6.33. The highest BCUT2D eigenvalue weighted by Gasteiger charge is 2.32. The molecule has 0 saturated carbocycles. The van der Waals surface area contributed by atoms with Crippen molar-refractivity contribution in [3.8, 4) is 28.9 Å². The molecular weight excluding hydrogens is 520 g/mol. The molecular formula is C22H16F4N6O4S. The Hall–Kier alpha value is -3.98. The van der Waals surface area contributed by atoms with Crippen LogP contribution in [0, 0.1) is 12.7 Å². The maximum absolute atomic E-state index is 15.1. The molecule has 10 nitrogen and oxygen atoms in total. The third-order valence-electron chi connectivity index (χ3n) is 5.21. The van der Waals surface area contributed by atoms with Crippen LogP contribution in [-0.4, -0.2) is 44.4 Å². The van der Waals surface area contributed by atoms with E-state index in [1.165, 1.54) is 40.9 Å². The zero-order chi connectivity index (χ0) is 26.3. The van der Waals surface area contributed by atoms with Crippen molar-refractivity contribution in [2.24, 2.45) is 5.73 Å². The molecule has 0 saturated heterocycles. The van der Waals surface area contributed by atoms with Gasteiger partial charge in [-0.3, -0.25) is 4.79 Å². The summed E-state index contributed by atoms with van der Waals surface area (Å²) in [5, 5.41) is 11.3. The molecule has 15 heteroatoms. The minimum Gasteiger partial charge on any atom is -0.417 e. The summed E-state index contributed by atoms with van der Waals surface area (Å²) < 4.78 is 66.8. The Bertz CT molecular complexity index is 1460. The first-order valence-electron chi connectivity index (χ1n) is 10.6. The molecule has 0 radical (unpaired) electrons. The normalized spacial score (nSPS) is 16.0. The zero-order valence-corrected chi connectivity index (χ0v) is 19.6. The van der Waals surface area contributed by atoms with Crippen molar-refractivity contribution in [3.63, 3.8) is 0 Å². The molecule has 0 unspecified atom stereocenters. The quantitative estimate of drug-likeness (QED) is 0.372. The number of carbonyl (C=O) groups is 1. The standard InChI is InChI=1S/C22H16F4N6O4S/c1-10-29-30-20(34-10)19-28-18(31-36-19)13-6-16-17(7-14(13)23)37-9-15(27)21(33)32(16)8-11-2-4-12(5-3-11)35-22(24,25)26/h2-7,15H,8-9,27H2,1H3/t15-/m0/s1. The number of nitrogens with zero attached hydrogens (tertiary/aromatic N) is 5. The van der Waals surface area contributed by atoms with E-state index in [4.69, 9.17) is 14.7 Å². The van der Waals surface area contributed by atoms with Gasteiger partial charge in [0.15, 0.2) is 0 Å². The number of alkyl halides is 3. The van der Waals surface area contributed by atoms with Crippen LogP contribution in [0.4, 0.5) is 23.2 Å². The van der Waals surface area contributed by atoms with E-state index in [1.807, 2.05) is 0 Å². The number of aryl methyl sites for hydroxylation is 1. The first kappa shape index (κ1) is 24.7. The van der Waals surface area contributed by atoms with E-state index in [0.717, 1.165) is 12.1 Å². The lowest BCUT2D eigenvalue weighted by Crippen LogP contribution is -2.44. The molecule has 0 aliphatic carbocycles. The van der Waals surface area contributed by atoms with Gasteiger partial charge in [0.2, 0.25) is 17.6 Å². The van der Waals surface area contributed by atoms with Crippen molar-refractivity contribution in [3.05, 3.63) is 53.7 Å². The van der Waals surface area contributed by atoms with Crippen LogP contribution in [0.15, 0.2) is 50.2 Å². The number of hydrogen-bond acceptors (Lipinski definition) is 10. The first-order chi connectivity index (χ1) is 17.6. The molecule has 0 fully saturated rings. The minimum absolute atomic E-state index is 0.0392. The van der Waals surface area contributed by atoms with Gasteiger partial charge in [0, 0.05) is 17.6 Å². The molecule has 4 aromatic rings. The van der Waals surface area contributed by atoms with Gasteiger partial charge < -0.3 is 24.3 Å². The summed E-state index contributed by atoms with van der Waals surface area (Å²) in [5.41, 5.74) is 6.80. The molecule has 0 spiro atoms. The lowest BCUT2D eigenvalue weighted by Gasteiger charge is -2.25. The van der Waals surface area contributed by atoms with Crippen LogP contribution < -0.4 is 15.4 Å². The highest BCUT2D eigenvalue weighted by Crippen LogP contribution is 2.39. The number of hydrogen-bond donors (Lipinski definition) is 1. The Labute approximate surface area is 209 Å². The van der Waals surface area contributed by atoms with Crippen molar-refractivity contribution in [2.45, 2.75) is 30.8 Å². The summed E-state index contributed by atoms with van der Waals surface area (Å²) in [6.45, 7) is 1.53. The maximum Gasteiger partial charge on any atom is 0.573 e. The number of aromatic nitrogens is 4. The highest BCUT2D eigenvalue weighted by molar-refractivity contribution is 7.99. The molecule has 1 amide bonds. The number of halogens is 4. The van der Waals surface area contributed by atoms with Gasteiger partial charge in [-0.05, 0) is 29.8 Å². The van der Waals surface area contributed by atoms with Crippen LogP contribution in [0.2, 0.25) is 0 Å². The molecule has 2 N–H and O–H groups in total. The van der Waals surface area contributed by atoms with E-state index in [-0.39, 0.29) is 41.4 Å². The van der Waals surface area contributed by atoms with E-state index in [1.54, 1.807) is 6.92 Å². The number of ether oxygens (including phenoxy) is 1. The van der Waals surface area contributed by atoms with Gasteiger partial charge in [-0.2, -0.15) is 4.98 Å². The smallest absolute Gasteiger partial charge is 0.417 e. The zero-order valence-electron chi connectivity index (χ0n) is 18.8. The maximum atomic E-state index is 15.1. The predicted octanol–water partition coefficient (Wildman–Crippen LogP) is 4.10. The third kappa shape index (κ3) is 5.27. The summed E-state index contributed by atoms with van der Waals surface area (Å²) in [6, 6.07) is 6.78. The van der Waals surface area contributed by atoms with Gasteiger partial charge >= 0.3 is 18.1 Å². The van der Waals surface area contributed by atoms with Crippen LogP contribution in [0.3, 0.4) is 0 Å². The molecule has 1 atom stereocenters. The van der Waals surface area contributed by atoms with Gasteiger partial charge in [0.1, 0.15) is 11.6 Å². The molecule has 5 rings (SSSR count). The summed E-state index contributed by atoms with van der Waals surface area (Å²) in [5.74, 6) is -1.33. The number of fused-ring (bicyclic) bond motifs is 1. The van der Waals surface area contributed by atoms with E-state index in [0.29, 0.717) is 16.1 Å². The van der Waals surface area contributed by atoms with E-state index in [9.17, 15) is 18.0 Å². The fourth-order valence-electron chi connectivity index (χ4n) is 3.56. The molecule has 2 aromatic carbocycles. The third-order valence-corrected chi connectivity index (χ3v) is 6.38. The fraction of sp³-hybridized carbons (Fsp3) is 0.227. The number of benzene rings is 2. The van der Waals surface area contributed by atoms with Crippen molar-refractivity contribution < 1.29 is 36.0 Å². The topological polar surface area (TPSA) is 133 Å². The SMILES string of the molecule is Cc1nnc(-c2nc(-c3cc4c(cc3F)SC[C@H](N)C(=O)N4Cc3ccc(OC(F)(F)F)cc3)no2)o1. The van der Waals surface area contributed by atoms with Crippen LogP contribution in [0.1, 0.15) is 11.5 Å². The van der Waals surface area contributed by atoms with Gasteiger partial charge in [0.05, 0.1) is 23.8 Å². The largest absolute Gasteiger partial charge is 0.573 e. The van der Waals surface area contributed by atoms with Gasteiger partial charge in [-0.1, -0.05) is 17.3 Å². The Morgan fingerprint density at radius 1 is 1.19 bits per heavy atom. The number of anilines is 1. The van der Waals surface area contributed by atoms with Crippen molar-refractivity contribution in [2.75, 3.05) is 10.7 Å². The Morgan fingerprint density at radius 2 is 1.95 bits per heavy atom. The highest BCUT2D eigenvalue weighted by atomic mass is 32.2. The lowest BCUT2D eigenvalue weighted by molar-refractivity contribution is -0.274. The summed E-state index contributed by atoms with van der Waals surface area (Å²) in [4.78, 5) is 19.0. The molecule has 1 aliphatic heterocycles. The van der Waals surface area contributed by atoms with Gasteiger partial charge in [0.25, 0.3) is 0 Å². The van der Waals surface area contributed by atoms with Crippen LogP contribution >= 0.6 is 11.8 Å². The minimum atomic E-state index is -4.83. The Morgan fingerprint density at radius 3 is 2.62 bits per heavy atom. The fourth-order valence-corrected chi connectivity index (χ4v) is 4.56. The molecule has 1 aliphatic rings. The number of carbonyl (C=O) groups excluding carboxylic acids is 1. The van der Waals surface area contributed by atoms with Gasteiger partial charge in [-0.25, -0.2) is 4.39 Å². The van der Waals surface area contributed by atoms with E-state index in [2.05, 4.69) is 25.1 Å². The van der Waals surface area contributed by atoms with Crippen molar-refractivity contribution in [1.29, 1.82) is 0 Å². The van der Waals surface area contributed by atoms with Crippen molar-refractivity contribution >= 4 is 23.4 Å². The van der Waals surface area contributed by atoms with Gasteiger partial charge in [-0.15, -0.1) is 35.1 Å². The molecule has 2 aromatic heterocycles. The number of amides is 1. The monoisotopic (exact) mass is 536 g/mol. The molecule has 0 bridgehead atoms. The number of nitrogens with two attached hydrogens (primary N) is 1. The lowest BCUT2D eigenvalue weighted by atomic mass is 10.1. The summed E-state index contributed by atoms with van der Waals surface area (Å²) >= 11 is 1.20. The average Bonchev–Trinajstić information content (AvgIpc) is 3.48. The molecule has 3 heterocycles.